The molecule has 0 amide bonds. The van der Waals surface area contributed by atoms with E-state index in [-0.39, 0.29) is 41.6 Å². The first-order chi connectivity index (χ1) is 13.9. The number of ketones is 1. The van der Waals surface area contributed by atoms with Gasteiger partial charge in [0.05, 0.1) is 6.10 Å². The minimum absolute atomic E-state index is 0.0240. The molecular formula is C21H26O8. The number of carbonyl (C=O) groups excluding carboxylic acids is 1. The molecule has 1 atom stereocenters. The van der Waals surface area contributed by atoms with Crippen molar-refractivity contribution in [3.8, 4) is 23.0 Å². The molecule has 8 heteroatoms. The van der Waals surface area contributed by atoms with Crippen LogP contribution in [0.1, 0.15) is 30.4 Å². The highest BCUT2D eigenvalue weighted by Gasteiger charge is 2.13. The summed E-state index contributed by atoms with van der Waals surface area (Å²) in [5.74, 6) is 0.0433. The predicted octanol–water partition coefficient (Wildman–Crippen LogP) is 1.64. The quantitative estimate of drug-likeness (QED) is 0.336. The first kappa shape index (κ1) is 22.5. The maximum Gasteiger partial charge on any atom is 0.186 e. The number of ether oxygens (including phenoxy) is 2. The van der Waals surface area contributed by atoms with Gasteiger partial charge in [-0.15, -0.1) is 0 Å². The second-order valence-corrected chi connectivity index (χ2v) is 6.59. The molecule has 2 rings (SSSR count). The van der Waals surface area contributed by atoms with Gasteiger partial charge in [0.2, 0.25) is 0 Å². The number of aromatic hydroxyl groups is 2. The highest BCUT2D eigenvalue weighted by Crippen LogP contribution is 2.28. The monoisotopic (exact) mass is 406 g/mol. The van der Waals surface area contributed by atoms with Crippen molar-refractivity contribution in [2.45, 2.75) is 38.2 Å². The third kappa shape index (κ3) is 7.26. The largest absolute Gasteiger partial charge is 0.504 e. The van der Waals surface area contributed by atoms with Gasteiger partial charge in [-0.05, 0) is 54.7 Å². The lowest BCUT2D eigenvalue weighted by Gasteiger charge is -2.12. The van der Waals surface area contributed by atoms with Gasteiger partial charge >= 0.3 is 0 Å². The van der Waals surface area contributed by atoms with Crippen molar-refractivity contribution in [3.63, 3.8) is 0 Å². The topological polar surface area (TPSA) is 137 Å². The van der Waals surface area contributed by atoms with Gasteiger partial charge in [0, 0.05) is 12.8 Å². The van der Waals surface area contributed by atoms with Crippen molar-refractivity contribution in [1.82, 2.24) is 0 Å². The normalized spacial score (nSPS) is 11.8. The van der Waals surface area contributed by atoms with E-state index in [4.69, 9.17) is 19.7 Å². The summed E-state index contributed by atoms with van der Waals surface area (Å²) in [6.45, 7) is -1.11. The Labute approximate surface area is 168 Å². The van der Waals surface area contributed by atoms with Crippen LogP contribution in [0, 0.1) is 0 Å². The van der Waals surface area contributed by atoms with Crippen LogP contribution in [-0.4, -0.2) is 51.0 Å². The molecule has 2 aromatic carbocycles. The van der Waals surface area contributed by atoms with Crippen molar-refractivity contribution in [2.75, 3.05) is 13.6 Å². The molecule has 0 spiro atoms. The average molecular weight is 406 g/mol. The standard InChI is InChI=1S/C21H26O8/c22-12-28-20-9-14(3-7-18(20)26)1-5-16(24)11-17(25)6-2-15-4-8-19(27)21(10-15)29-13-23/h3-4,7-10,16,22-24,26-27H,1-2,5-6,11-13H2. The maximum absolute atomic E-state index is 12.1. The Morgan fingerprint density at radius 1 is 0.862 bits per heavy atom. The molecule has 0 aromatic heterocycles. The van der Waals surface area contributed by atoms with E-state index in [2.05, 4.69) is 0 Å². The highest BCUT2D eigenvalue weighted by atomic mass is 16.6. The molecule has 0 aliphatic heterocycles. The number of hydrogen-bond acceptors (Lipinski definition) is 8. The lowest BCUT2D eigenvalue weighted by molar-refractivity contribution is -0.121. The maximum atomic E-state index is 12.1. The number of benzene rings is 2. The first-order valence-electron chi connectivity index (χ1n) is 9.23. The van der Waals surface area contributed by atoms with Gasteiger partial charge in [-0.1, -0.05) is 12.1 Å². The highest BCUT2D eigenvalue weighted by molar-refractivity contribution is 5.79. The molecule has 0 fully saturated rings. The van der Waals surface area contributed by atoms with Crippen LogP contribution in [-0.2, 0) is 17.6 Å². The molecule has 0 aliphatic carbocycles. The van der Waals surface area contributed by atoms with E-state index in [1.165, 1.54) is 12.1 Å². The first-order valence-corrected chi connectivity index (χ1v) is 9.23. The molecule has 0 saturated carbocycles. The predicted molar refractivity (Wildman–Crippen MR) is 104 cm³/mol. The minimum Gasteiger partial charge on any atom is -0.504 e. The molecule has 1 unspecified atom stereocenters. The third-order valence-corrected chi connectivity index (χ3v) is 4.41. The van der Waals surface area contributed by atoms with Crippen molar-refractivity contribution in [2.24, 2.45) is 0 Å². The summed E-state index contributed by atoms with van der Waals surface area (Å²) < 4.78 is 9.80. The van der Waals surface area contributed by atoms with Gasteiger partial charge in [-0.25, -0.2) is 0 Å². The molecule has 0 heterocycles. The Bertz CT molecular complexity index is 805. The number of aliphatic hydroxyl groups excluding tert-OH is 3. The summed E-state index contributed by atoms with van der Waals surface area (Å²) in [7, 11) is 0. The van der Waals surface area contributed by atoms with Crippen LogP contribution in [0.4, 0.5) is 0 Å². The van der Waals surface area contributed by atoms with Crippen LogP contribution < -0.4 is 9.47 Å². The Balaban J connectivity index is 1.79. The van der Waals surface area contributed by atoms with Crippen LogP contribution in [0.2, 0.25) is 0 Å². The van der Waals surface area contributed by atoms with Gasteiger partial charge in [0.1, 0.15) is 5.78 Å². The summed E-state index contributed by atoms with van der Waals surface area (Å²) in [6.07, 6.45) is 0.725. The van der Waals surface area contributed by atoms with E-state index in [1.54, 1.807) is 24.3 Å². The zero-order valence-corrected chi connectivity index (χ0v) is 16.0. The molecule has 158 valence electrons. The number of phenolic OH excluding ortho intramolecular Hbond substituents is 2. The van der Waals surface area contributed by atoms with E-state index in [1.807, 2.05) is 0 Å². The molecule has 0 radical (unpaired) electrons. The van der Waals surface area contributed by atoms with Gasteiger partial charge in [-0.2, -0.15) is 0 Å². The molecule has 0 aliphatic rings. The number of aryl methyl sites for hydroxylation is 2. The molecule has 0 saturated heterocycles. The van der Waals surface area contributed by atoms with Gasteiger partial charge in [-0.3, -0.25) is 4.79 Å². The lowest BCUT2D eigenvalue weighted by atomic mass is 10.00. The lowest BCUT2D eigenvalue weighted by Crippen LogP contribution is -2.15. The van der Waals surface area contributed by atoms with E-state index in [0.717, 1.165) is 11.1 Å². The summed E-state index contributed by atoms with van der Waals surface area (Å²) in [5.41, 5.74) is 1.58. The van der Waals surface area contributed by atoms with Crippen molar-refractivity contribution in [3.05, 3.63) is 47.5 Å². The number of rotatable bonds is 12. The number of aliphatic hydroxyl groups is 3. The van der Waals surface area contributed by atoms with Crippen LogP contribution in [0.5, 0.6) is 23.0 Å². The molecule has 8 nitrogen and oxygen atoms in total. The van der Waals surface area contributed by atoms with Crippen LogP contribution >= 0.6 is 0 Å². The van der Waals surface area contributed by atoms with Crippen molar-refractivity contribution in [1.29, 1.82) is 0 Å². The Kier molecular flexibility index (Phi) is 8.72. The van der Waals surface area contributed by atoms with Crippen LogP contribution in [0.3, 0.4) is 0 Å². The fraction of sp³-hybridized carbons (Fsp3) is 0.381. The zero-order chi connectivity index (χ0) is 21.2. The SMILES string of the molecule is O=C(CCc1ccc(O)c(OCO)c1)CC(O)CCc1ccc(O)c(OCO)c1. The van der Waals surface area contributed by atoms with Crippen molar-refractivity contribution >= 4 is 5.78 Å². The fourth-order valence-electron chi connectivity index (χ4n) is 2.88. The van der Waals surface area contributed by atoms with Gasteiger partial charge in [0.25, 0.3) is 0 Å². The Morgan fingerprint density at radius 2 is 1.38 bits per heavy atom. The Morgan fingerprint density at radius 3 is 1.90 bits per heavy atom. The molecule has 2 aromatic rings. The number of Topliss-reactive ketones (excluding diaryl/α,β-unsaturated/α-hetero) is 1. The zero-order valence-electron chi connectivity index (χ0n) is 16.0. The fourth-order valence-corrected chi connectivity index (χ4v) is 2.88. The van der Waals surface area contributed by atoms with Crippen LogP contribution in [0.15, 0.2) is 36.4 Å². The second-order valence-electron chi connectivity index (χ2n) is 6.59. The van der Waals surface area contributed by atoms with Crippen LogP contribution in [0.25, 0.3) is 0 Å². The average Bonchev–Trinajstić information content (AvgIpc) is 2.69. The summed E-state index contributed by atoms with van der Waals surface area (Å²) >= 11 is 0. The smallest absolute Gasteiger partial charge is 0.186 e. The summed E-state index contributed by atoms with van der Waals surface area (Å²) in [4.78, 5) is 12.1. The molecule has 5 N–H and O–H groups in total. The molecular weight excluding hydrogens is 380 g/mol. The number of hydrogen-bond donors (Lipinski definition) is 5. The minimum atomic E-state index is -0.799. The van der Waals surface area contributed by atoms with E-state index < -0.39 is 19.7 Å². The number of phenols is 2. The molecule has 0 bridgehead atoms. The second kappa shape index (κ2) is 11.3. The Hall–Kier alpha value is -2.81. The van der Waals surface area contributed by atoms with E-state index >= 15 is 0 Å². The summed E-state index contributed by atoms with van der Waals surface area (Å²) in [6, 6.07) is 9.38. The molecule has 29 heavy (non-hydrogen) atoms. The van der Waals surface area contributed by atoms with Gasteiger partial charge < -0.3 is 35.0 Å². The number of carbonyl (C=O) groups is 1. The summed E-state index contributed by atoms with van der Waals surface area (Å²) in [5, 5.41) is 46.9. The van der Waals surface area contributed by atoms with E-state index in [9.17, 15) is 20.1 Å². The van der Waals surface area contributed by atoms with E-state index in [0.29, 0.717) is 19.3 Å². The third-order valence-electron chi connectivity index (χ3n) is 4.41. The van der Waals surface area contributed by atoms with Gasteiger partial charge in [0.15, 0.2) is 36.6 Å². The van der Waals surface area contributed by atoms with Crippen molar-refractivity contribution < 1.29 is 39.8 Å².